The molecule has 0 saturated carbocycles. The van der Waals surface area contributed by atoms with Crippen LogP contribution >= 0.6 is 0 Å². The van der Waals surface area contributed by atoms with Crippen LogP contribution in [-0.2, 0) is 24.4 Å². The average molecular weight is 406 g/mol. The number of aryl methyl sites for hydroxylation is 1. The molecule has 0 spiro atoms. The Kier molecular flexibility index (Phi) is 6.90. The van der Waals surface area contributed by atoms with E-state index < -0.39 is 28.0 Å². The number of hydrogen-bond donors (Lipinski definition) is 1. The largest absolute Gasteiger partial charge is 0.449 e. The van der Waals surface area contributed by atoms with E-state index in [1.807, 2.05) is 13.0 Å². The van der Waals surface area contributed by atoms with E-state index in [-0.39, 0.29) is 10.5 Å². The Balaban J connectivity index is 2.10. The zero-order valence-electron chi connectivity index (χ0n) is 16.0. The van der Waals surface area contributed by atoms with Crippen LogP contribution in [0.5, 0.6) is 0 Å². The molecule has 28 heavy (non-hydrogen) atoms. The Hall–Kier alpha value is -2.75. The van der Waals surface area contributed by atoms with Crippen LogP contribution in [0.1, 0.15) is 22.8 Å². The summed E-state index contributed by atoms with van der Waals surface area (Å²) in [4.78, 5) is 29.2. The first kappa shape index (κ1) is 21.5. The summed E-state index contributed by atoms with van der Waals surface area (Å²) >= 11 is 0. The van der Waals surface area contributed by atoms with E-state index in [1.165, 1.54) is 45.3 Å². The molecule has 0 aromatic heterocycles. The lowest BCUT2D eigenvalue weighted by atomic mass is 10.2. The van der Waals surface area contributed by atoms with Crippen molar-refractivity contribution in [3.05, 3.63) is 59.7 Å². The first-order valence-corrected chi connectivity index (χ1v) is 9.80. The van der Waals surface area contributed by atoms with Crippen molar-refractivity contribution in [1.29, 1.82) is 0 Å². The van der Waals surface area contributed by atoms with Crippen LogP contribution in [0.3, 0.4) is 0 Å². The highest BCUT2D eigenvalue weighted by Crippen LogP contribution is 2.17. The first-order valence-electron chi connectivity index (χ1n) is 8.36. The smallest absolute Gasteiger partial charge is 0.338 e. The van der Waals surface area contributed by atoms with Crippen molar-refractivity contribution >= 4 is 27.6 Å². The first-order chi connectivity index (χ1) is 13.1. The molecule has 1 atom stereocenters. The highest BCUT2D eigenvalue weighted by atomic mass is 32.2. The summed E-state index contributed by atoms with van der Waals surface area (Å²) in [6.45, 7) is 3.32. The van der Waals surface area contributed by atoms with E-state index in [2.05, 4.69) is 5.32 Å². The van der Waals surface area contributed by atoms with Gasteiger partial charge >= 0.3 is 5.97 Å². The molecule has 0 heterocycles. The molecule has 0 aliphatic carbocycles. The number of anilines is 1. The van der Waals surface area contributed by atoms with E-state index in [4.69, 9.17) is 9.57 Å². The number of hydrogen-bond acceptors (Lipinski definition) is 6. The highest BCUT2D eigenvalue weighted by molar-refractivity contribution is 7.89. The van der Waals surface area contributed by atoms with Gasteiger partial charge in [-0.3, -0.25) is 9.63 Å². The quantitative estimate of drug-likeness (QED) is 0.559. The van der Waals surface area contributed by atoms with Crippen molar-refractivity contribution < 1.29 is 27.6 Å². The Bertz CT molecular complexity index is 974. The fourth-order valence-electron chi connectivity index (χ4n) is 2.28. The lowest BCUT2D eigenvalue weighted by Crippen LogP contribution is -2.30. The van der Waals surface area contributed by atoms with Crippen molar-refractivity contribution in [1.82, 2.24) is 4.47 Å². The molecular weight excluding hydrogens is 384 g/mol. The Morgan fingerprint density at radius 3 is 2.43 bits per heavy atom. The molecule has 0 aliphatic heterocycles. The molecule has 0 saturated heterocycles. The molecule has 1 N–H and O–H groups in total. The van der Waals surface area contributed by atoms with E-state index in [0.29, 0.717) is 10.2 Å². The van der Waals surface area contributed by atoms with Gasteiger partial charge in [-0.1, -0.05) is 22.7 Å². The van der Waals surface area contributed by atoms with Gasteiger partial charge in [0.1, 0.15) is 0 Å². The number of nitrogens with one attached hydrogen (secondary N) is 1. The molecule has 0 bridgehead atoms. The van der Waals surface area contributed by atoms with Crippen molar-refractivity contribution in [3.8, 4) is 0 Å². The maximum absolute atomic E-state index is 12.3. The van der Waals surface area contributed by atoms with Crippen LogP contribution in [-0.4, -0.2) is 45.0 Å². The fourth-order valence-corrected chi connectivity index (χ4v) is 3.30. The summed E-state index contributed by atoms with van der Waals surface area (Å²) in [5.41, 5.74) is 1.56. The van der Waals surface area contributed by atoms with E-state index in [1.54, 1.807) is 18.2 Å². The normalized spacial score (nSPS) is 12.5. The number of sulfonamides is 1. The molecule has 0 aliphatic rings. The van der Waals surface area contributed by atoms with E-state index in [9.17, 15) is 18.0 Å². The predicted molar refractivity (Wildman–Crippen MR) is 103 cm³/mol. The van der Waals surface area contributed by atoms with Crippen molar-refractivity contribution in [2.45, 2.75) is 24.8 Å². The van der Waals surface area contributed by atoms with Crippen LogP contribution in [0.25, 0.3) is 0 Å². The third-order valence-corrected chi connectivity index (χ3v) is 5.58. The van der Waals surface area contributed by atoms with Crippen LogP contribution < -0.4 is 5.32 Å². The van der Waals surface area contributed by atoms with Crippen LogP contribution in [0.2, 0.25) is 0 Å². The molecule has 9 heteroatoms. The van der Waals surface area contributed by atoms with Crippen LogP contribution in [0.15, 0.2) is 53.4 Å². The third-order valence-electron chi connectivity index (χ3n) is 3.90. The maximum atomic E-state index is 12.3. The van der Waals surface area contributed by atoms with Gasteiger partial charge < -0.3 is 10.1 Å². The molecular formula is C19H22N2O6S. The van der Waals surface area contributed by atoms with Gasteiger partial charge in [0.05, 0.1) is 17.6 Å². The minimum absolute atomic E-state index is 0.000726. The lowest BCUT2D eigenvalue weighted by Gasteiger charge is -2.16. The van der Waals surface area contributed by atoms with Crippen molar-refractivity contribution in [2.75, 3.05) is 19.5 Å². The number of benzene rings is 2. The molecule has 0 fully saturated rings. The second-order valence-corrected chi connectivity index (χ2v) is 7.97. The molecule has 8 nitrogen and oxygen atoms in total. The van der Waals surface area contributed by atoms with E-state index in [0.717, 1.165) is 5.56 Å². The van der Waals surface area contributed by atoms with Gasteiger partial charge in [-0.2, -0.15) is 0 Å². The number of carbonyl (C=O) groups excluding carboxylic acids is 2. The second kappa shape index (κ2) is 8.96. The standard InChI is InChI=1S/C19H22N2O6S/c1-13-7-5-9-16(11-13)20-18(22)14(2)27-19(23)15-8-6-10-17(12-15)28(24,25)21(3)26-4/h5-12,14H,1-4H3,(H,20,22)/t14-/m1/s1. The number of esters is 1. The lowest BCUT2D eigenvalue weighted by molar-refractivity contribution is -0.123. The molecule has 0 radical (unpaired) electrons. The summed E-state index contributed by atoms with van der Waals surface area (Å²) in [5.74, 6) is -1.31. The molecule has 2 rings (SSSR count). The molecule has 2 aromatic rings. The summed E-state index contributed by atoms with van der Waals surface area (Å²) in [7, 11) is -1.46. The van der Waals surface area contributed by atoms with Crippen molar-refractivity contribution in [3.63, 3.8) is 0 Å². The average Bonchev–Trinajstić information content (AvgIpc) is 2.67. The van der Waals surface area contributed by atoms with Crippen LogP contribution in [0, 0.1) is 6.92 Å². The summed E-state index contributed by atoms with van der Waals surface area (Å²) in [6.07, 6.45) is -1.07. The van der Waals surface area contributed by atoms with Gasteiger partial charge in [0.15, 0.2) is 6.10 Å². The fraction of sp³-hybridized carbons (Fsp3) is 0.263. The van der Waals surface area contributed by atoms with Crippen LogP contribution in [0.4, 0.5) is 5.69 Å². The topological polar surface area (TPSA) is 102 Å². The summed E-state index contributed by atoms with van der Waals surface area (Å²) < 4.78 is 30.4. The number of rotatable bonds is 7. The molecule has 2 aromatic carbocycles. The zero-order chi connectivity index (χ0) is 20.9. The monoisotopic (exact) mass is 406 g/mol. The second-order valence-electron chi connectivity index (χ2n) is 6.03. The number of hydroxylamine groups is 1. The molecule has 1 amide bonds. The van der Waals surface area contributed by atoms with Gasteiger partial charge in [0, 0.05) is 12.7 Å². The summed E-state index contributed by atoms with van der Waals surface area (Å²) in [5, 5.41) is 2.66. The minimum atomic E-state index is -3.91. The van der Waals surface area contributed by atoms with Gasteiger partial charge in [0.2, 0.25) is 0 Å². The SMILES string of the molecule is CON(C)S(=O)(=O)c1cccc(C(=O)O[C@H](C)C(=O)Nc2cccc(C)c2)c1. The number of ether oxygens (including phenoxy) is 1. The van der Waals surface area contributed by atoms with Gasteiger partial charge in [-0.15, -0.1) is 0 Å². The Morgan fingerprint density at radius 2 is 1.79 bits per heavy atom. The zero-order valence-corrected chi connectivity index (χ0v) is 16.8. The number of amides is 1. The Labute approximate surface area is 164 Å². The van der Waals surface area contributed by atoms with Crippen molar-refractivity contribution in [2.24, 2.45) is 0 Å². The summed E-state index contributed by atoms with van der Waals surface area (Å²) in [6, 6.07) is 12.5. The number of carbonyl (C=O) groups is 2. The third kappa shape index (κ3) is 5.16. The van der Waals surface area contributed by atoms with E-state index >= 15 is 0 Å². The number of nitrogens with zero attached hydrogens (tertiary/aromatic N) is 1. The van der Waals surface area contributed by atoms with Gasteiger partial charge in [-0.25, -0.2) is 13.2 Å². The highest BCUT2D eigenvalue weighted by Gasteiger charge is 2.24. The maximum Gasteiger partial charge on any atom is 0.338 e. The molecule has 150 valence electrons. The molecule has 0 unspecified atom stereocenters. The Morgan fingerprint density at radius 1 is 1.11 bits per heavy atom. The van der Waals surface area contributed by atoms with Gasteiger partial charge in [0.25, 0.3) is 15.9 Å². The van der Waals surface area contributed by atoms with Gasteiger partial charge in [-0.05, 0) is 49.7 Å². The predicted octanol–water partition coefficient (Wildman–Crippen LogP) is 2.36. The minimum Gasteiger partial charge on any atom is -0.449 e.